The molecular weight excluding hydrogens is 208 g/mol. The SMILES string of the molecule is C#CC(CCC)NC(CN)CC1CCCCC1. The molecule has 2 unspecified atom stereocenters. The first-order valence-electron chi connectivity index (χ1n) is 7.22. The van der Waals surface area contributed by atoms with Crippen molar-refractivity contribution in [1.29, 1.82) is 0 Å². The highest BCUT2D eigenvalue weighted by molar-refractivity contribution is 5.00. The molecule has 0 aliphatic heterocycles. The Morgan fingerprint density at radius 3 is 2.59 bits per heavy atom. The molecule has 0 bridgehead atoms. The van der Waals surface area contributed by atoms with Crippen LogP contribution in [0.1, 0.15) is 58.3 Å². The number of terminal acetylenes is 1. The Morgan fingerprint density at radius 1 is 1.35 bits per heavy atom. The predicted octanol–water partition coefficient (Wildman–Crippen LogP) is 2.68. The molecule has 0 aromatic carbocycles. The normalized spacial score (nSPS) is 20.8. The number of hydrogen-bond acceptors (Lipinski definition) is 2. The third kappa shape index (κ3) is 5.57. The zero-order valence-corrected chi connectivity index (χ0v) is 11.3. The highest BCUT2D eigenvalue weighted by atomic mass is 15.0. The minimum absolute atomic E-state index is 0.206. The molecule has 98 valence electrons. The van der Waals surface area contributed by atoms with Gasteiger partial charge >= 0.3 is 0 Å². The van der Waals surface area contributed by atoms with Gasteiger partial charge in [-0.05, 0) is 18.8 Å². The van der Waals surface area contributed by atoms with Crippen molar-refractivity contribution in [3.05, 3.63) is 0 Å². The first-order valence-corrected chi connectivity index (χ1v) is 7.22. The Labute approximate surface area is 107 Å². The third-order valence-electron chi connectivity index (χ3n) is 3.84. The lowest BCUT2D eigenvalue weighted by Gasteiger charge is -2.28. The Hall–Kier alpha value is -0.520. The summed E-state index contributed by atoms with van der Waals surface area (Å²) in [4.78, 5) is 0. The minimum Gasteiger partial charge on any atom is -0.329 e. The molecular formula is C15H28N2. The molecule has 1 aliphatic rings. The zero-order chi connectivity index (χ0) is 12.5. The molecule has 1 rings (SSSR count). The number of nitrogens with two attached hydrogens (primary N) is 1. The van der Waals surface area contributed by atoms with E-state index in [1.165, 1.54) is 38.5 Å². The Morgan fingerprint density at radius 2 is 2.06 bits per heavy atom. The molecule has 2 atom stereocenters. The molecule has 0 radical (unpaired) electrons. The summed E-state index contributed by atoms with van der Waals surface area (Å²) >= 11 is 0. The number of nitrogens with one attached hydrogen (secondary N) is 1. The van der Waals surface area contributed by atoms with Crippen molar-refractivity contribution in [2.24, 2.45) is 11.7 Å². The average Bonchev–Trinajstić information content (AvgIpc) is 2.38. The summed E-state index contributed by atoms with van der Waals surface area (Å²) < 4.78 is 0. The molecule has 2 heteroatoms. The summed E-state index contributed by atoms with van der Waals surface area (Å²) in [7, 11) is 0. The second-order valence-corrected chi connectivity index (χ2v) is 5.35. The van der Waals surface area contributed by atoms with Gasteiger partial charge < -0.3 is 5.73 Å². The van der Waals surface area contributed by atoms with Gasteiger partial charge in [-0.3, -0.25) is 5.32 Å². The molecule has 2 nitrogen and oxygen atoms in total. The molecule has 0 spiro atoms. The van der Waals surface area contributed by atoms with Gasteiger partial charge in [0.1, 0.15) is 0 Å². The monoisotopic (exact) mass is 236 g/mol. The zero-order valence-electron chi connectivity index (χ0n) is 11.3. The molecule has 1 fully saturated rings. The smallest absolute Gasteiger partial charge is 0.0689 e. The largest absolute Gasteiger partial charge is 0.329 e. The van der Waals surface area contributed by atoms with E-state index in [0.717, 1.165) is 18.8 Å². The van der Waals surface area contributed by atoms with Gasteiger partial charge in [0.15, 0.2) is 0 Å². The summed E-state index contributed by atoms with van der Waals surface area (Å²) in [5.41, 5.74) is 5.86. The molecule has 1 saturated carbocycles. The molecule has 17 heavy (non-hydrogen) atoms. The molecule has 0 saturated heterocycles. The van der Waals surface area contributed by atoms with Crippen molar-refractivity contribution in [3.8, 4) is 12.3 Å². The quantitative estimate of drug-likeness (QED) is 0.667. The van der Waals surface area contributed by atoms with Crippen LogP contribution in [0.25, 0.3) is 0 Å². The van der Waals surface area contributed by atoms with Crippen LogP contribution in [0.3, 0.4) is 0 Å². The predicted molar refractivity (Wildman–Crippen MR) is 74.7 cm³/mol. The van der Waals surface area contributed by atoms with E-state index in [0.29, 0.717) is 12.6 Å². The fourth-order valence-electron chi connectivity index (χ4n) is 2.85. The summed E-state index contributed by atoms with van der Waals surface area (Å²) in [5, 5.41) is 3.54. The lowest BCUT2D eigenvalue weighted by atomic mass is 9.84. The van der Waals surface area contributed by atoms with E-state index in [1.54, 1.807) is 0 Å². The van der Waals surface area contributed by atoms with Crippen LogP contribution in [0.2, 0.25) is 0 Å². The molecule has 0 aromatic heterocycles. The summed E-state index contributed by atoms with van der Waals surface area (Å²) in [6, 6.07) is 0.614. The number of rotatable bonds is 7. The van der Waals surface area contributed by atoms with Gasteiger partial charge in [0.05, 0.1) is 6.04 Å². The molecule has 3 N–H and O–H groups in total. The van der Waals surface area contributed by atoms with Gasteiger partial charge in [-0.1, -0.05) is 51.4 Å². The maximum absolute atomic E-state index is 5.86. The highest BCUT2D eigenvalue weighted by Gasteiger charge is 2.19. The molecule has 0 amide bonds. The fraction of sp³-hybridized carbons (Fsp3) is 0.867. The van der Waals surface area contributed by atoms with Crippen molar-refractivity contribution in [3.63, 3.8) is 0 Å². The minimum atomic E-state index is 0.206. The van der Waals surface area contributed by atoms with Crippen LogP contribution in [-0.2, 0) is 0 Å². The van der Waals surface area contributed by atoms with Gasteiger partial charge in [0, 0.05) is 12.6 Å². The van der Waals surface area contributed by atoms with Crippen LogP contribution < -0.4 is 11.1 Å². The standard InChI is InChI=1S/C15H28N2/c1-3-8-14(4-2)17-15(12-16)11-13-9-6-5-7-10-13/h2,13-15,17H,3,5-12,16H2,1H3. The Kier molecular flexibility index (Phi) is 7.32. The maximum atomic E-state index is 5.86. The first-order chi connectivity index (χ1) is 8.30. The van der Waals surface area contributed by atoms with E-state index in [2.05, 4.69) is 18.2 Å². The highest BCUT2D eigenvalue weighted by Crippen LogP contribution is 2.27. The average molecular weight is 236 g/mol. The fourth-order valence-corrected chi connectivity index (χ4v) is 2.85. The van der Waals surface area contributed by atoms with Gasteiger partial charge in [-0.25, -0.2) is 0 Å². The summed E-state index contributed by atoms with van der Waals surface area (Å²) in [6.45, 7) is 2.88. The van der Waals surface area contributed by atoms with E-state index in [4.69, 9.17) is 12.2 Å². The van der Waals surface area contributed by atoms with Crippen molar-refractivity contribution in [2.75, 3.05) is 6.54 Å². The van der Waals surface area contributed by atoms with E-state index < -0.39 is 0 Å². The van der Waals surface area contributed by atoms with E-state index >= 15 is 0 Å². The van der Waals surface area contributed by atoms with E-state index in [9.17, 15) is 0 Å². The van der Waals surface area contributed by atoms with E-state index in [1.807, 2.05) is 0 Å². The number of hydrogen-bond donors (Lipinski definition) is 2. The van der Waals surface area contributed by atoms with Gasteiger partial charge in [0.2, 0.25) is 0 Å². The second kappa shape index (κ2) is 8.55. The molecule has 0 aromatic rings. The lowest BCUT2D eigenvalue weighted by Crippen LogP contribution is -2.43. The van der Waals surface area contributed by atoms with Crippen molar-refractivity contribution >= 4 is 0 Å². The van der Waals surface area contributed by atoms with Crippen molar-refractivity contribution in [1.82, 2.24) is 5.32 Å². The Balaban J connectivity index is 2.33. The first kappa shape index (κ1) is 14.5. The topological polar surface area (TPSA) is 38.0 Å². The van der Waals surface area contributed by atoms with Crippen LogP contribution in [0.5, 0.6) is 0 Å². The van der Waals surface area contributed by atoms with Crippen LogP contribution in [-0.4, -0.2) is 18.6 Å². The van der Waals surface area contributed by atoms with E-state index in [-0.39, 0.29) is 6.04 Å². The van der Waals surface area contributed by atoms with Gasteiger partial charge in [-0.2, -0.15) is 0 Å². The van der Waals surface area contributed by atoms with Crippen LogP contribution in [0, 0.1) is 18.3 Å². The Bertz CT molecular complexity index is 226. The second-order valence-electron chi connectivity index (χ2n) is 5.35. The lowest BCUT2D eigenvalue weighted by molar-refractivity contribution is 0.293. The van der Waals surface area contributed by atoms with Crippen LogP contribution >= 0.6 is 0 Å². The van der Waals surface area contributed by atoms with Gasteiger partial charge in [0.25, 0.3) is 0 Å². The van der Waals surface area contributed by atoms with Crippen LogP contribution in [0.4, 0.5) is 0 Å². The van der Waals surface area contributed by atoms with Crippen molar-refractivity contribution < 1.29 is 0 Å². The van der Waals surface area contributed by atoms with Crippen molar-refractivity contribution in [2.45, 2.75) is 70.4 Å². The van der Waals surface area contributed by atoms with Gasteiger partial charge in [-0.15, -0.1) is 6.42 Å². The van der Waals surface area contributed by atoms with Crippen LogP contribution in [0.15, 0.2) is 0 Å². The molecule has 0 heterocycles. The molecule has 1 aliphatic carbocycles. The summed E-state index contributed by atoms with van der Waals surface area (Å²) in [6.07, 6.45) is 15.9. The summed E-state index contributed by atoms with van der Waals surface area (Å²) in [5.74, 6) is 3.70. The third-order valence-corrected chi connectivity index (χ3v) is 3.84. The maximum Gasteiger partial charge on any atom is 0.0689 e.